The molecule has 1 saturated heterocycles. The number of hydrogen-bond acceptors (Lipinski definition) is 6. The van der Waals surface area contributed by atoms with Gasteiger partial charge in [0.1, 0.15) is 18.2 Å². The SMILES string of the molecule is C#Cc1c(OCCO)ncc(C(=O)NC)c1-c1c(Cl)c(F)cc2c1C[C@](c1ccccc1)([C@@H]1CCCN1)O2. The number of aromatic nitrogens is 1. The van der Waals surface area contributed by atoms with E-state index in [1.807, 2.05) is 30.3 Å². The largest absolute Gasteiger partial charge is 0.480 e. The lowest BCUT2D eigenvalue weighted by Crippen LogP contribution is -2.48. The lowest BCUT2D eigenvalue weighted by molar-refractivity contribution is 0.0539. The Morgan fingerprint density at radius 1 is 1.39 bits per heavy atom. The number of hydrogen-bond donors (Lipinski definition) is 3. The Kier molecular flexibility index (Phi) is 7.26. The fourth-order valence-electron chi connectivity index (χ4n) is 5.47. The summed E-state index contributed by atoms with van der Waals surface area (Å²) < 4.78 is 27.7. The zero-order valence-electron chi connectivity index (χ0n) is 20.8. The molecule has 2 aliphatic rings. The third-order valence-corrected chi connectivity index (χ3v) is 7.51. The second kappa shape index (κ2) is 10.6. The second-order valence-electron chi connectivity index (χ2n) is 9.23. The van der Waals surface area contributed by atoms with Crippen molar-refractivity contribution in [2.45, 2.75) is 30.9 Å². The first-order valence-electron chi connectivity index (χ1n) is 12.4. The van der Waals surface area contributed by atoms with Crippen LogP contribution in [0.15, 0.2) is 42.6 Å². The van der Waals surface area contributed by atoms with Crippen LogP contribution in [-0.4, -0.2) is 48.8 Å². The highest BCUT2D eigenvalue weighted by molar-refractivity contribution is 6.34. The van der Waals surface area contributed by atoms with Crippen molar-refractivity contribution in [1.29, 1.82) is 0 Å². The van der Waals surface area contributed by atoms with Gasteiger partial charge in [0.05, 0.1) is 28.8 Å². The van der Waals surface area contributed by atoms with E-state index in [1.165, 1.54) is 19.3 Å². The molecule has 1 amide bonds. The van der Waals surface area contributed by atoms with Gasteiger partial charge in [-0.25, -0.2) is 9.37 Å². The second-order valence-corrected chi connectivity index (χ2v) is 9.61. The first-order valence-corrected chi connectivity index (χ1v) is 12.8. The zero-order valence-corrected chi connectivity index (χ0v) is 21.6. The van der Waals surface area contributed by atoms with Gasteiger partial charge in [-0.15, -0.1) is 6.42 Å². The van der Waals surface area contributed by atoms with E-state index in [0.29, 0.717) is 17.7 Å². The third kappa shape index (κ3) is 4.27. The van der Waals surface area contributed by atoms with E-state index in [1.54, 1.807) is 0 Å². The van der Waals surface area contributed by atoms with Gasteiger partial charge in [0.15, 0.2) is 5.60 Å². The van der Waals surface area contributed by atoms with Crippen molar-refractivity contribution in [3.05, 3.63) is 75.7 Å². The summed E-state index contributed by atoms with van der Waals surface area (Å²) in [4.78, 5) is 17.2. The van der Waals surface area contributed by atoms with Crippen molar-refractivity contribution in [3.63, 3.8) is 0 Å². The molecule has 7 nitrogen and oxygen atoms in total. The quantitative estimate of drug-likeness (QED) is 0.398. The van der Waals surface area contributed by atoms with Gasteiger partial charge >= 0.3 is 0 Å². The molecule has 3 N–H and O–H groups in total. The summed E-state index contributed by atoms with van der Waals surface area (Å²) in [6.45, 7) is 0.512. The summed E-state index contributed by atoms with van der Waals surface area (Å²) >= 11 is 6.67. The summed E-state index contributed by atoms with van der Waals surface area (Å²) in [7, 11) is 1.48. The fraction of sp³-hybridized carbons (Fsp3) is 0.310. The maximum atomic E-state index is 15.4. The van der Waals surface area contributed by atoms with Crippen LogP contribution < -0.4 is 20.1 Å². The molecule has 2 aliphatic heterocycles. The molecule has 9 heteroatoms. The number of nitrogens with one attached hydrogen (secondary N) is 2. The van der Waals surface area contributed by atoms with Crippen molar-refractivity contribution in [1.82, 2.24) is 15.6 Å². The molecule has 5 rings (SSSR count). The smallest absolute Gasteiger partial charge is 0.253 e. The maximum Gasteiger partial charge on any atom is 0.253 e. The molecule has 196 valence electrons. The number of benzene rings is 2. The predicted molar refractivity (Wildman–Crippen MR) is 142 cm³/mol. The number of carbonyl (C=O) groups is 1. The minimum Gasteiger partial charge on any atom is -0.480 e. The Bertz CT molecular complexity index is 1420. The Labute approximate surface area is 225 Å². The molecule has 2 aromatic carbocycles. The van der Waals surface area contributed by atoms with Crippen LogP contribution in [0.4, 0.5) is 4.39 Å². The van der Waals surface area contributed by atoms with E-state index < -0.39 is 17.3 Å². The molecule has 1 fully saturated rings. The Morgan fingerprint density at radius 2 is 2.18 bits per heavy atom. The summed E-state index contributed by atoms with van der Waals surface area (Å²) in [5, 5.41) is 15.2. The van der Waals surface area contributed by atoms with Crippen LogP contribution in [0.1, 0.15) is 39.9 Å². The van der Waals surface area contributed by atoms with Gasteiger partial charge in [-0.2, -0.15) is 0 Å². The molecule has 0 radical (unpaired) electrons. The molecular weight excluding hydrogens is 509 g/mol. The number of nitrogens with zero attached hydrogens (tertiary/aromatic N) is 1. The molecule has 0 bridgehead atoms. The Hall–Kier alpha value is -3.64. The van der Waals surface area contributed by atoms with Gasteiger partial charge in [-0.3, -0.25) is 4.79 Å². The van der Waals surface area contributed by atoms with E-state index in [-0.39, 0.29) is 52.4 Å². The predicted octanol–water partition coefficient (Wildman–Crippen LogP) is 3.84. The standard InChI is InChI=1S/C29H27ClFN3O4/c1-3-18-24(20(27(36)32-2)16-34-28(18)37-13-12-35)25-19-15-29(23-10-7-11-33-23,17-8-5-4-6-9-17)38-22(19)14-21(31)26(25)30/h1,4-6,8-9,14,16,23,33,35H,7,10-13,15H2,2H3,(H,32,36)/t23-,29-/m0/s1. The van der Waals surface area contributed by atoms with Crippen LogP contribution in [0.25, 0.3) is 11.1 Å². The number of amides is 1. The number of fused-ring (bicyclic) bond motifs is 1. The molecule has 0 spiro atoms. The van der Waals surface area contributed by atoms with Gasteiger partial charge in [0.25, 0.3) is 5.91 Å². The lowest BCUT2D eigenvalue weighted by Gasteiger charge is -2.35. The number of terminal acetylenes is 1. The van der Waals surface area contributed by atoms with Gasteiger partial charge < -0.3 is 25.2 Å². The van der Waals surface area contributed by atoms with Gasteiger partial charge in [-0.1, -0.05) is 47.9 Å². The van der Waals surface area contributed by atoms with E-state index in [0.717, 1.165) is 24.9 Å². The topological polar surface area (TPSA) is 92.7 Å². The highest BCUT2D eigenvalue weighted by Crippen LogP contribution is 2.52. The van der Waals surface area contributed by atoms with E-state index in [4.69, 9.17) is 27.5 Å². The molecule has 0 saturated carbocycles. The molecule has 3 heterocycles. The van der Waals surface area contributed by atoms with Gasteiger partial charge in [0, 0.05) is 42.4 Å². The number of ether oxygens (including phenoxy) is 2. The average molecular weight is 536 g/mol. The first kappa shape index (κ1) is 26.0. The van der Waals surface area contributed by atoms with Gasteiger partial charge in [0.2, 0.25) is 5.88 Å². The van der Waals surface area contributed by atoms with E-state index >= 15 is 4.39 Å². The molecule has 3 aromatic rings. The fourth-order valence-corrected chi connectivity index (χ4v) is 5.73. The molecule has 38 heavy (non-hydrogen) atoms. The van der Waals surface area contributed by atoms with Crippen LogP contribution in [0, 0.1) is 18.2 Å². The summed E-state index contributed by atoms with van der Waals surface area (Å²) in [5.41, 5.74) is 1.49. The molecule has 0 aliphatic carbocycles. The molecule has 2 atom stereocenters. The maximum absolute atomic E-state index is 15.4. The lowest BCUT2D eigenvalue weighted by atomic mass is 9.80. The number of aliphatic hydroxyl groups excluding tert-OH is 1. The van der Waals surface area contributed by atoms with Crippen LogP contribution >= 0.6 is 11.6 Å². The van der Waals surface area contributed by atoms with E-state index in [2.05, 4.69) is 21.5 Å². The molecule has 0 unspecified atom stereocenters. The van der Waals surface area contributed by atoms with Crippen LogP contribution in [0.5, 0.6) is 11.6 Å². The van der Waals surface area contributed by atoms with Crippen LogP contribution in [0.2, 0.25) is 5.02 Å². The average Bonchev–Trinajstić information content (AvgIpc) is 3.61. The van der Waals surface area contributed by atoms with Gasteiger partial charge in [-0.05, 0) is 24.9 Å². The Balaban J connectivity index is 1.78. The van der Waals surface area contributed by atoms with Crippen molar-refractivity contribution < 1.29 is 23.8 Å². The number of carbonyl (C=O) groups excluding carboxylic acids is 1. The minimum atomic E-state index is -0.821. The molecular formula is C29H27ClFN3O4. The number of aliphatic hydroxyl groups is 1. The highest BCUT2D eigenvalue weighted by Gasteiger charge is 2.50. The van der Waals surface area contributed by atoms with E-state index in [9.17, 15) is 9.90 Å². The third-order valence-electron chi connectivity index (χ3n) is 7.14. The molecule has 1 aromatic heterocycles. The summed E-state index contributed by atoms with van der Waals surface area (Å²) in [5.74, 6) is 1.74. The minimum absolute atomic E-state index is 0.0293. The van der Waals surface area contributed by atoms with Crippen molar-refractivity contribution >= 4 is 17.5 Å². The van der Waals surface area contributed by atoms with Crippen molar-refractivity contribution in [3.8, 4) is 35.1 Å². The van der Waals surface area contributed by atoms with Crippen molar-refractivity contribution in [2.75, 3.05) is 26.8 Å². The monoisotopic (exact) mass is 535 g/mol. The highest BCUT2D eigenvalue weighted by atomic mass is 35.5. The van der Waals surface area contributed by atoms with Crippen LogP contribution in [-0.2, 0) is 12.0 Å². The Morgan fingerprint density at radius 3 is 2.84 bits per heavy atom. The first-order chi connectivity index (χ1) is 18.4. The van der Waals surface area contributed by atoms with Crippen molar-refractivity contribution in [2.24, 2.45) is 0 Å². The summed E-state index contributed by atoms with van der Waals surface area (Å²) in [6.07, 6.45) is 9.45. The summed E-state index contributed by atoms with van der Waals surface area (Å²) in [6, 6.07) is 11.1. The number of halogens is 2. The number of pyridine rings is 1. The normalized spacial score (nSPS) is 19.9. The number of rotatable bonds is 7. The van der Waals surface area contributed by atoms with Crippen LogP contribution in [0.3, 0.4) is 0 Å². The zero-order chi connectivity index (χ0) is 26.9.